The van der Waals surface area contributed by atoms with Gasteiger partial charge in [0.05, 0.1) is 20.8 Å². The molecular weight excluding hydrogens is 244 g/mol. The van der Waals surface area contributed by atoms with Crippen molar-refractivity contribution in [1.29, 1.82) is 0 Å². The molecule has 1 atom stereocenters. The van der Waals surface area contributed by atoms with E-state index in [1.165, 1.54) is 0 Å². The first-order valence-electron chi connectivity index (χ1n) is 6.31. The summed E-state index contributed by atoms with van der Waals surface area (Å²) >= 11 is 0. The minimum Gasteiger partial charge on any atom is -0.493 e. The minimum atomic E-state index is -0.381. The van der Waals surface area contributed by atoms with Gasteiger partial charge in [-0.05, 0) is 30.2 Å². The average Bonchev–Trinajstić information content (AvgIpc) is 2.47. The van der Waals surface area contributed by atoms with Crippen molar-refractivity contribution in [2.24, 2.45) is 0 Å². The van der Waals surface area contributed by atoms with Gasteiger partial charge in [-0.25, -0.2) is 0 Å². The normalized spacial score (nSPS) is 11.9. The molecule has 0 amide bonds. The predicted molar refractivity (Wildman–Crippen MR) is 74.6 cm³/mol. The zero-order valence-corrected chi connectivity index (χ0v) is 11.8. The van der Waals surface area contributed by atoms with Crippen molar-refractivity contribution >= 4 is 0 Å². The Kier molecular flexibility index (Phi) is 7.00. The quantitative estimate of drug-likeness (QED) is 0.508. The summed E-state index contributed by atoms with van der Waals surface area (Å²) in [6.07, 6.45) is 2.22. The lowest BCUT2D eigenvalue weighted by Gasteiger charge is -2.15. The highest BCUT2D eigenvalue weighted by atomic mass is 16.7. The first-order valence-corrected chi connectivity index (χ1v) is 6.31. The van der Waals surface area contributed by atoms with Crippen molar-refractivity contribution in [3.8, 4) is 11.5 Å². The minimum absolute atomic E-state index is 0.381. The van der Waals surface area contributed by atoms with Crippen LogP contribution < -0.4 is 9.47 Å². The molecule has 0 spiro atoms. The molecule has 106 valence electrons. The summed E-state index contributed by atoms with van der Waals surface area (Å²) in [5.74, 6) is 1.39. The van der Waals surface area contributed by atoms with Crippen LogP contribution in [0.15, 0.2) is 30.9 Å². The predicted octanol–water partition coefficient (Wildman–Crippen LogP) is 3.16. The highest BCUT2D eigenvalue weighted by Crippen LogP contribution is 2.27. The van der Waals surface area contributed by atoms with E-state index in [9.17, 15) is 0 Å². The molecule has 4 nitrogen and oxygen atoms in total. The molecule has 1 unspecified atom stereocenters. The summed E-state index contributed by atoms with van der Waals surface area (Å²) in [7, 11) is 3.22. The molecular formula is C15H22O4. The second-order valence-corrected chi connectivity index (χ2v) is 3.98. The highest BCUT2D eigenvalue weighted by Gasteiger charge is 2.07. The van der Waals surface area contributed by atoms with Crippen LogP contribution in [0.25, 0.3) is 0 Å². The molecule has 0 radical (unpaired) electrons. The molecule has 1 aromatic carbocycles. The van der Waals surface area contributed by atoms with Gasteiger partial charge in [-0.1, -0.05) is 19.6 Å². The van der Waals surface area contributed by atoms with Gasteiger partial charge in [0.25, 0.3) is 0 Å². The lowest BCUT2D eigenvalue weighted by atomic mass is 10.2. The van der Waals surface area contributed by atoms with Gasteiger partial charge in [0.15, 0.2) is 17.8 Å². The van der Waals surface area contributed by atoms with Gasteiger partial charge in [-0.2, -0.15) is 0 Å². The van der Waals surface area contributed by atoms with Crippen LogP contribution in [0.2, 0.25) is 0 Å². The third kappa shape index (κ3) is 4.93. The average molecular weight is 266 g/mol. The van der Waals surface area contributed by atoms with Gasteiger partial charge in [-0.15, -0.1) is 0 Å². The van der Waals surface area contributed by atoms with Crippen molar-refractivity contribution in [3.63, 3.8) is 0 Å². The summed E-state index contributed by atoms with van der Waals surface area (Å²) in [4.78, 5) is 0. The Morgan fingerprint density at radius 1 is 1.16 bits per heavy atom. The van der Waals surface area contributed by atoms with E-state index in [2.05, 4.69) is 13.5 Å². The fraction of sp³-hybridized carbons (Fsp3) is 0.467. The lowest BCUT2D eigenvalue weighted by Crippen LogP contribution is -2.14. The van der Waals surface area contributed by atoms with Crippen LogP contribution in [0, 0.1) is 0 Å². The Bertz CT molecular complexity index is 390. The lowest BCUT2D eigenvalue weighted by molar-refractivity contribution is -0.118. The first-order chi connectivity index (χ1) is 9.24. The molecule has 1 aromatic rings. The van der Waals surface area contributed by atoms with Crippen molar-refractivity contribution < 1.29 is 18.9 Å². The summed E-state index contributed by atoms with van der Waals surface area (Å²) in [6.45, 7) is 6.83. The zero-order valence-electron chi connectivity index (χ0n) is 11.8. The van der Waals surface area contributed by atoms with E-state index in [0.29, 0.717) is 24.7 Å². The van der Waals surface area contributed by atoms with Gasteiger partial charge in [-0.3, -0.25) is 0 Å². The molecule has 0 aliphatic rings. The summed E-state index contributed by atoms with van der Waals surface area (Å²) in [6, 6.07) is 5.67. The molecule has 1 rings (SSSR count). The van der Waals surface area contributed by atoms with Crippen molar-refractivity contribution in [1.82, 2.24) is 0 Å². The number of ether oxygens (including phenoxy) is 4. The molecule has 0 fully saturated rings. The zero-order chi connectivity index (χ0) is 14.1. The smallest absolute Gasteiger partial charge is 0.176 e. The number of hydrogen-bond acceptors (Lipinski definition) is 4. The van der Waals surface area contributed by atoms with Gasteiger partial charge < -0.3 is 18.9 Å². The van der Waals surface area contributed by atoms with Crippen molar-refractivity contribution in [2.45, 2.75) is 26.2 Å². The first kappa shape index (κ1) is 15.5. The fourth-order valence-electron chi connectivity index (χ4n) is 1.57. The highest BCUT2D eigenvalue weighted by molar-refractivity contribution is 5.42. The van der Waals surface area contributed by atoms with Gasteiger partial charge >= 0.3 is 0 Å². The standard InChI is InChI=1S/C15H22O4/c1-5-9-18-15(6-2)19-11-12-7-8-13(16-3)14(10-12)17-4/h6-8,10,15H,2,5,9,11H2,1,3-4H3. The Morgan fingerprint density at radius 3 is 2.47 bits per heavy atom. The van der Waals surface area contributed by atoms with Gasteiger partial charge in [0.2, 0.25) is 0 Å². The van der Waals surface area contributed by atoms with Crippen molar-refractivity contribution in [3.05, 3.63) is 36.4 Å². The molecule has 0 saturated carbocycles. The molecule has 4 heteroatoms. The maximum Gasteiger partial charge on any atom is 0.176 e. The third-order valence-electron chi connectivity index (χ3n) is 2.54. The van der Waals surface area contributed by atoms with Crippen LogP contribution >= 0.6 is 0 Å². The van der Waals surface area contributed by atoms with Crippen LogP contribution in [-0.2, 0) is 16.1 Å². The van der Waals surface area contributed by atoms with E-state index in [0.717, 1.165) is 12.0 Å². The SMILES string of the molecule is C=CC(OCCC)OCc1ccc(OC)c(OC)c1. The largest absolute Gasteiger partial charge is 0.493 e. The van der Waals surface area contributed by atoms with Crippen LogP contribution in [0.5, 0.6) is 11.5 Å². The van der Waals surface area contributed by atoms with E-state index in [1.54, 1.807) is 20.3 Å². The van der Waals surface area contributed by atoms with Crippen LogP contribution in [0.1, 0.15) is 18.9 Å². The Morgan fingerprint density at radius 2 is 1.89 bits per heavy atom. The maximum absolute atomic E-state index is 5.62. The van der Waals surface area contributed by atoms with E-state index >= 15 is 0 Å². The third-order valence-corrected chi connectivity index (χ3v) is 2.54. The Hall–Kier alpha value is -1.52. The molecule has 0 N–H and O–H groups in total. The number of benzene rings is 1. The molecule has 0 saturated heterocycles. The fourth-order valence-corrected chi connectivity index (χ4v) is 1.57. The van der Waals surface area contributed by atoms with E-state index < -0.39 is 0 Å². The van der Waals surface area contributed by atoms with Gasteiger partial charge in [0.1, 0.15) is 0 Å². The van der Waals surface area contributed by atoms with E-state index in [-0.39, 0.29) is 6.29 Å². The molecule has 0 aliphatic heterocycles. The topological polar surface area (TPSA) is 36.9 Å². The molecule has 0 heterocycles. The summed E-state index contributed by atoms with van der Waals surface area (Å²) in [5.41, 5.74) is 0.990. The molecule has 19 heavy (non-hydrogen) atoms. The maximum atomic E-state index is 5.62. The molecule has 0 aromatic heterocycles. The van der Waals surface area contributed by atoms with Crippen LogP contribution in [0.4, 0.5) is 0 Å². The molecule has 0 bridgehead atoms. The molecule has 0 aliphatic carbocycles. The number of methoxy groups -OCH3 is 2. The summed E-state index contributed by atoms with van der Waals surface area (Å²) in [5, 5.41) is 0. The van der Waals surface area contributed by atoms with E-state index in [4.69, 9.17) is 18.9 Å². The number of rotatable bonds is 9. The monoisotopic (exact) mass is 266 g/mol. The van der Waals surface area contributed by atoms with Crippen LogP contribution in [-0.4, -0.2) is 27.1 Å². The Labute approximate surface area is 114 Å². The number of hydrogen-bond donors (Lipinski definition) is 0. The van der Waals surface area contributed by atoms with Crippen LogP contribution in [0.3, 0.4) is 0 Å². The second kappa shape index (κ2) is 8.56. The van der Waals surface area contributed by atoms with Crippen molar-refractivity contribution in [2.75, 3.05) is 20.8 Å². The second-order valence-electron chi connectivity index (χ2n) is 3.98. The van der Waals surface area contributed by atoms with Gasteiger partial charge in [0, 0.05) is 6.61 Å². The Balaban J connectivity index is 2.59. The van der Waals surface area contributed by atoms with E-state index in [1.807, 2.05) is 18.2 Å². The summed E-state index contributed by atoms with van der Waals surface area (Å²) < 4.78 is 21.5.